The lowest BCUT2D eigenvalue weighted by molar-refractivity contribution is 0.0843. The van der Waals surface area contributed by atoms with Gasteiger partial charge in [0.05, 0.1) is 6.54 Å². The molecular formula is C23H31N3O. The molecule has 1 aliphatic carbocycles. The van der Waals surface area contributed by atoms with E-state index in [4.69, 9.17) is 0 Å². The van der Waals surface area contributed by atoms with Crippen LogP contribution < -0.4 is 0 Å². The van der Waals surface area contributed by atoms with Crippen molar-refractivity contribution >= 4 is 5.78 Å². The normalized spacial score (nSPS) is 18.8. The SMILES string of the molecule is Cc1cccc(CN2CCN(CC(=O)c3cc(C)n(C4CC4)c3C)CC2)c1. The second-order valence-corrected chi connectivity index (χ2v) is 8.35. The van der Waals surface area contributed by atoms with Crippen molar-refractivity contribution in [3.63, 3.8) is 0 Å². The summed E-state index contributed by atoms with van der Waals surface area (Å²) >= 11 is 0. The molecule has 2 fully saturated rings. The summed E-state index contributed by atoms with van der Waals surface area (Å²) in [6.07, 6.45) is 2.51. The monoisotopic (exact) mass is 365 g/mol. The van der Waals surface area contributed by atoms with E-state index in [1.807, 2.05) is 0 Å². The lowest BCUT2D eigenvalue weighted by Gasteiger charge is -2.34. The molecule has 2 heterocycles. The molecule has 0 radical (unpaired) electrons. The zero-order valence-corrected chi connectivity index (χ0v) is 16.9. The third-order valence-electron chi connectivity index (χ3n) is 6.02. The van der Waals surface area contributed by atoms with E-state index < -0.39 is 0 Å². The van der Waals surface area contributed by atoms with E-state index in [2.05, 4.69) is 65.5 Å². The molecule has 4 nitrogen and oxygen atoms in total. The molecule has 4 rings (SSSR count). The molecule has 0 unspecified atom stereocenters. The van der Waals surface area contributed by atoms with Crippen LogP contribution in [0.5, 0.6) is 0 Å². The molecule has 1 aromatic carbocycles. The van der Waals surface area contributed by atoms with E-state index in [1.165, 1.54) is 29.7 Å². The topological polar surface area (TPSA) is 28.5 Å². The number of Topliss-reactive ketones (excluding diaryl/α,β-unsaturated/α-hetero) is 1. The molecule has 4 heteroatoms. The summed E-state index contributed by atoms with van der Waals surface area (Å²) in [5.74, 6) is 0.280. The van der Waals surface area contributed by atoms with Crippen LogP contribution in [-0.4, -0.2) is 52.9 Å². The van der Waals surface area contributed by atoms with Gasteiger partial charge in [-0.2, -0.15) is 0 Å². The predicted octanol–water partition coefficient (Wildman–Crippen LogP) is 3.75. The number of benzene rings is 1. The molecular weight excluding hydrogens is 334 g/mol. The summed E-state index contributed by atoms with van der Waals surface area (Å²) in [7, 11) is 0. The maximum absolute atomic E-state index is 12.9. The first-order valence-corrected chi connectivity index (χ1v) is 10.2. The molecule has 1 saturated carbocycles. The number of carbonyl (C=O) groups excluding carboxylic acids is 1. The van der Waals surface area contributed by atoms with Crippen molar-refractivity contribution in [2.75, 3.05) is 32.7 Å². The Morgan fingerprint density at radius 2 is 1.70 bits per heavy atom. The van der Waals surface area contributed by atoms with Gasteiger partial charge in [-0.05, 0) is 45.2 Å². The number of carbonyl (C=O) groups is 1. The Morgan fingerprint density at radius 1 is 1.00 bits per heavy atom. The molecule has 2 aromatic rings. The maximum atomic E-state index is 12.9. The standard InChI is InChI=1S/C23H31N3O/c1-17-5-4-6-20(13-17)15-24-9-11-25(12-10-24)16-23(27)22-14-18(2)26(19(22)3)21-7-8-21/h4-6,13-14,21H,7-12,15-16H2,1-3H3. The van der Waals surface area contributed by atoms with Crippen molar-refractivity contribution in [2.24, 2.45) is 0 Å². The van der Waals surface area contributed by atoms with Gasteiger partial charge in [-0.1, -0.05) is 29.8 Å². The molecule has 1 aliphatic heterocycles. The van der Waals surface area contributed by atoms with Crippen LogP contribution in [-0.2, 0) is 6.54 Å². The largest absolute Gasteiger partial charge is 0.345 e. The summed E-state index contributed by atoms with van der Waals surface area (Å²) in [4.78, 5) is 17.7. The molecule has 1 saturated heterocycles. The summed E-state index contributed by atoms with van der Waals surface area (Å²) in [5, 5.41) is 0. The third kappa shape index (κ3) is 4.17. The Bertz CT molecular complexity index is 826. The lowest BCUT2D eigenvalue weighted by atomic mass is 10.1. The average molecular weight is 366 g/mol. The Kier molecular flexibility index (Phi) is 5.20. The fourth-order valence-corrected chi connectivity index (χ4v) is 4.42. The van der Waals surface area contributed by atoms with Crippen LogP contribution in [0.15, 0.2) is 30.3 Å². The van der Waals surface area contributed by atoms with Gasteiger partial charge in [0.1, 0.15) is 0 Å². The van der Waals surface area contributed by atoms with Crippen LogP contribution in [0.1, 0.15) is 51.8 Å². The molecule has 0 spiro atoms. The number of hydrogen-bond acceptors (Lipinski definition) is 3. The summed E-state index contributed by atoms with van der Waals surface area (Å²) in [6.45, 7) is 11.9. The minimum Gasteiger partial charge on any atom is -0.345 e. The molecule has 1 aromatic heterocycles. The highest BCUT2D eigenvalue weighted by Gasteiger charge is 2.29. The van der Waals surface area contributed by atoms with E-state index in [-0.39, 0.29) is 5.78 Å². The molecule has 2 aliphatic rings. The van der Waals surface area contributed by atoms with Crippen LogP contribution >= 0.6 is 0 Å². The van der Waals surface area contributed by atoms with E-state index in [0.717, 1.165) is 44.0 Å². The second-order valence-electron chi connectivity index (χ2n) is 8.35. The minimum absolute atomic E-state index is 0.280. The van der Waals surface area contributed by atoms with Gasteiger partial charge in [-0.15, -0.1) is 0 Å². The fourth-order valence-electron chi connectivity index (χ4n) is 4.42. The number of rotatable bonds is 6. The Morgan fingerprint density at radius 3 is 2.37 bits per heavy atom. The minimum atomic E-state index is 0.280. The Hall–Kier alpha value is -1.91. The molecule has 0 bridgehead atoms. The number of aryl methyl sites for hydroxylation is 2. The Labute approximate surface area is 162 Å². The van der Waals surface area contributed by atoms with Gasteiger partial charge in [-0.3, -0.25) is 14.6 Å². The van der Waals surface area contributed by atoms with Crippen molar-refractivity contribution in [2.45, 2.75) is 46.2 Å². The van der Waals surface area contributed by atoms with Gasteiger partial charge in [-0.25, -0.2) is 0 Å². The Balaban J connectivity index is 1.31. The number of piperazine rings is 1. The van der Waals surface area contributed by atoms with Gasteiger partial charge in [0.25, 0.3) is 0 Å². The van der Waals surface area contributed by atoms with Gasteiger partial charge in [0.2, 0.25) is 0 Å². The van der Waals surface area contributed by atoms with Crippen LogP contribution in [0.4, 0.5) is 0 Å². The molecule has 0 amide bonds. The van der Waals surface area contributed by atoms with Crippen molar-refractivity contribution in [1.29, 1.82) is 0 Å². The van der Waals surface area contributed by atoms with Crippen molar-refractivity contribution in [3.05, 3.63) is 58.4 Å². The number of nitrogens with zero attached hydrogens (tertiary/aromatic N) is 3. The first kappa shape index (κ1) is 18.5. The van der Waals surface area contributed by atoms with Crippen LogP contribution in [0.2, 0.25) is 0 Å². The molecule has 144 valence electrons. The van der Waals surface area contributed by atoms with Crippen molar-refractivity contribution in [3.8, 4) is 0 Å². The first-order valence-electron chi connectivity index (χ1n) is 10.2. The average Bonchev–Trinajstić information content (AvgIpc) is 3.41. The van der Waals surface area contributed by atoms with E-state index >= 15 is 0 Å². The van der Waals surface area contributed by atoms with Gasteiger partial charge >= 0.3 is 0 Å². The molecule has 0 N–H and O–H groups in total. The quantitative estimate of drug-likeness (QED) is 0.730. The molecule has 0 atom stereocenters. The predicted molar refractivity (Wildman–Crippen MR) is 109 cm³/mol. The highest BCUT2D eigenvalue weighted by Crippen LogP contribution is 2.38. The summed E-state index contributed by atoms with van der Waals surface area (Å²) < 4.78 is 2.37. The highest BCUT2D eigenvalue weighted by atomic mass is 16.1. The zero-order chi connectivity index (χ0) is 19.0. The van der Waals surface area contributed by atoms with Crippen molar-refractivity contribution in [1.82, 2.24) is 14.4 Å². The molecule has 27 heavy (non-hydrogen) atoms. The highest BCUT2D eigenvalue weighted by molar-refractivity contribution is 5.99. The fraction of sp³-hybridized carbons (Fsp3) is 0.522. The first-order chi connectivity index (χ1) is 13.0. The zero-order valence-electron chi connectivity index (χ0n) is 16.9. The summed E-state index contributed by atoms with van der Waals surface area (Å²) in [6, 6.07) is 11.5. The van der Waals surface area contributed by atoms with Gasteiger partial charge in [0.15, 0.2) is 5.78 Å². The maximum Gasteiger partial charge on any atom is 0.178 e. The van der Waals surface area contributed by atoms with Gasteiger partial charge < -0.3 is 4.57 Å². The van der Waals surface area contributed by atoms with Crippen LogP contribution in [0.3, 0.4) is 0 Å². The summed E-state index contributed by atoms with van der Waals surface area (Å²) in [5.41, 5.74) is 6.04. The number of aromatic nitrogens is 1. The van der Waals surface area contributed by atoms with Crippen LogP contribution in [0.25, 0.3) is 0 Å². The van der Waals surface area contributed by atoms with Gasteiger partial charge in [0, 0.05) is 55.7 Å². The lowest BCUT2D eigenvalue weighted by Crippen LogP contribution is -2.47. The van der Waals surface area contributed by atoms with E-state index in [9.17, 15) is 4.79 Å². The smallest absolute Gasteiger partial charge is 0.178 e. The van der Waals surface area contributed by atoms with Crippen LogP contribution in [0, 0.1) is 20.8 Å². The number of hydrogen-bond donors (Lipinski definition) is 0. The van der Waals surface area contributed by atoms with E-state index in [1.54, 1.807) is 0 Å². The third-order valence-corrected chi connectivity index (χ3v) is 6.02. The number of ketones is 1. The van der Waals surface area contributed by atoms with E-state index in [0.29, 0.717) is 12.6 Å². The second kappa shape index (κ2) is 7.61. The van der Waals surface area contributed by atoms with Crippen molar-refractivity contribution < 1.29 is 4.79 Å².